The van der Waals surface area contributed by atoms with Gasteiger partial charge in [-0.1, -0.05) is 0 Å². The van der Waals surface area contributed by atoms with E-state index in [-0.39, 0.29) is 11.1 Å². The fourth-order valence-corrected chi connectivity index (χ4v) is 3.31. The van der Waals surface area contributed by atoms with Crippen LogP contribution in [-0.2, 0) is 16.6 Å². The lowest BCUT2D eigenvalue weighted by atomic mass is 9.81. The molecular weight excluding hydrogens is 252 g/mol. The maximum absolute atomic E-state index is 12.0. The summed E-state index contributed by atoms with van der Waals surface area (Å²) in [6, 6.07) is 0.237. The van der Waals surface area contributed by atoms with Crippen molar-refractivity contribution in [3.05, 3.63) is 12.0 Å². The van der Waals surface area contributed by atoms with Crippen LogP contribution >= 0.6 is 0 Å². The minimum absolute atomic E-state index is 0.102. The minimum atomic E-state index is -3.48. The lowest BCUT2D eigenvalue weighted by Gasteiger charge is -2.32. The Bertz CT molecular complexity index is 517. The molecule has 0 radical (unpaired) electrons. The molecule has 0 unspecified atom stereocenters. The number of sulfonamides is 1. The normalized spacial score (nSPS) is 23.9. The molecule has 7 heteroatoms. The first-order valence-corrected chi connectivity index (χ1v) is 7.69. The first-order valence-electron chi connectivity index (χ1n) is 6.21. The highest BCUT2D eigenvalue weighted by Gasteiger charge is 2.28. The number of nitrogens with one attached hydrogen (secondary N) is 1. The van der Waals surface area contributed by atoms with E-state index >= 15 is 0 Å². The van der Waals surface area contributed by atoms with Gasteiger partial charge in [0.15, 0.2) is 5.03 Å². The number of aromatic nitrogens is 2. The van der Waals surface area contributed by atoms with Gasteiger partial charge >= 0.3 is 0 Å². The minimum Gasteiger partial charge on any atom is -0.334 e. The molecule has 0 atom stereocenters. The third-order valence-corrected chi connectivity index (χ3v) is 4.70. The Balaban J connectivity index is 2.01. The Kier molecular flexibility index (Phi) is 3.74. The van der Waals surface area contributed by atoms with Crippen LogP contribution in [0, 0.1) is 12.8 Å². The predicted octanol–water partition coefficient (Wildman–Crippen LogP) is 0.227. The highest BCUT2D eigenvalue weighted by Crippen LogP contribution is 2.25. The van der Waals surface area contributed by atoms with Crippen LogP contribution in [0.15, 0.2) is 11.2 Å². The molecule has 1 aromatic rings. The van der Waals surface area contributed by atoms with Crippen molar-refractivity contribution in [3.63, 3.8) is 0 Å². The van der Waals surface area contributed by atoms with Crippen LogP contribution in [0.5, 0.6) is 0 Å². The van der Waals surface area contributed by atoms with Gasteiger partial charge in [-0.3, -0.25) is 0 Å². The van der Waals surface area contributed by atoms with Gasteiger partial charge in [0.05, 0.1) is 0 Å². The van der Waals surface area contributed by atoms with Gasteiger partial charge < -0.3 is 10.3 Å². The largest absolute Gasteiger partial charge is 0.334 e. The Morgan fingerprint density at radius 3 is 2.72 bits per heavy atom. The molecule has 1 saturated carbocycles. The summed E-state index contributed by atoms with van der Waals surface area (Å²) in [6.45, 7) is 4.92. The molecule has 0 spiro atoms. The van der Waals surface area contributed by atoms with Gasteiger partial charge in [-0.05, 0) is 32.6 Å². The van der Waals surface area contributed by atoms with Gasteiger partial charge in [0, 0.05) is 25.3 Å². The van der Waals surface area contributed by atoms with Crippen LogP contribution in [0.3, 0.4) is 0 Å². The zero-order valence-corrected chi connectivity index (χ0v) is 11.6. The van der Waals surface area contributed by atoms with Crippen molar-refractivity contribution >= 4 is 10.0 Å². The van der Waals surface area contributed by atoms with E-state index in [1.165, 1.54) is 0 Å². The summed E-state index contributed by atoms with van der Waals surface area (Å²) in [5.74, 6) is 1.08. The monoisotopic (exact) mass is 272 g/mol. The number of nitrogens with two attached hydrogens (primary N) is 1. The molecule has 0 bridgehead atoms. The second-order valence-corrected chi connectivity index (χ2v) is 6.58. The Morgan fingerprint density at radius 2 is 2.22 bits per heavy atom. The number of imidazole rings is 1. The van der Waals surface area contributed by atoms with E-state index in [1.54, 1.807) is 13.1 Å². The summed E-state index contributed by atoms with van der Waals surface area (Å²) in [7, 11) is -3.48. The van der Waals surface area contributed by atoms with E-state index in [0.717, 1.165) is 12.8 Å². The smallest absolute Gasteiger partial charge is 0.259 e. The molecule has 0 amide bonds. The van der Waals surface area contributed by atoms with Crippen LogP contribution in [0.1, 0.15) is 25.6 Å². The molecule has 1 aliphatic carbocycles. The van der Waals surface area contributed by atoms with Crippen LogP contribution < -0.4 is 10.5 Å². The second-order valence-electron chi connectivity index (χ2n) is 4.86. The number of hydrogen-bond acceptors (Lipinski definition) is 4. The summed E-state index contributed by atoms with van der Waals surface area (Å²) < 4.78 is 28.5. The molecule has 1 aliphatic rings. The number of nitrogens with zero attached hydrogens (tertiary/aromatic N) is 2. The molecule has 1 aromatic heterocycles. The Hall–Kier alpha value is -0.920. The topological polar surface area (TPSA) is 90.0 Å². The fourth-order valence-electron chi connectivity index (χ4n) is 2.18. The SMILES string of the molecule is CCn1cc(S(=O)(=O)NCC2CC(N)C2)nc1C. The molecule has 102 valence electrons. The third kappa shape index (κ3) is 2.73. The van der Waals surface area contributed by atoms with Gasteiger partial charge in [0.1, 0.15) is 5.82 Å². The van der Waals surface area contributed by atoms with Gasteiger partial charge in [-0.2, -0.15) is 0 Å². The average Bonchev–Trinajstić information content (AvgIpc) is 2.65. The van der Waals surface area contributed by atoms with Crippen molar-refractivity contribution in [2.45, 2.75) is 44.3 Å². The van der Waals surface area contributed by atoms with Gasteiger partial charge in [0.25, 0.3) is 10.0 Å². The van der Waals surface area contributed by atoms with Crippen LogP contribution in [0.4, 0.5) is 0 Å². The van der Waals surface area contributed by atoms with Crippen LogP contribution in [0.25, 0.3) is 0 Å². The first-order chi connectivity index (χ1) is 8.42. The van der Waals surface area contributed by atoms with Crippen molar-refractivity contribution in [2.75, 3.05) is 6.54 Å². The second kappa shape index (κ2) is 4.99. The highest BCUT2D eigenvalue weighted by atomic mass is 32.2. The summed E-state index contributed by atoms with van der Waals surface area (Å²) in [5.41, 5.74) is 5.67. The van der Waals surface area contributed by atoms with Gasteiger partial charge in [-0.15, -0.1) is 0 Å². The number of aryl methyl sites for hydroxylation is 2. The van der Waals surface area contributed by atoms with Crippen molar-refractivity contribution in [2.24, 2.45) is 11.7 Å². The van der Waals surface area contributed by atoms with Gasteiger partial charge in [0.2, 0.25) is 0 Å². The van der Waals surface area contributed by atoms with E-state index < -0.39 is 10.0 Å². The van der Waals surface area contributed by atoms with Crippen molar-refractivity contribution in [3.8, 4) is 0 Å². The molecule has 0 aromatic carbocycles. The zero-order valence-electron chi connectivity index (χ0n) is 10.8. The Labute approximate surface area is 108 Å². The molecule has 0 aliphatic heterocycles. The molecule has 0 saturated heterocycles. The molecule has 1 fully saturated rings. The zero-order chi connectivity index (χ0) is 13.3. The maximum Gasteiger partial charge on any atom is 0.259 e. The van der Waals surface area contributed by atoms with E-state index in [0.29, 0.717) is 24.8 Å². The molecule has 2 rings (SSSR count). The molecule has 6 nitrogen and oxygen atoms in total. The molecule has 1 heterocycles. The summed E-state index contributed by atoms with van der Waals surface area (Å²) >= 11 is 0. The van der Waals surface area contributed by atoms with E-state index in [4.69, 9.17) is 5.73 Å². The summed E-state index contributed by atoms with van der Waals surface area (Å²) in [4.78, 5) is 4.08. The summed E-state index contributed by atoms with van der Waals surface area (Å²) in [6.07, 6.45) is 3.36. The van der Waals surface area contributed by atoms with Crippen molar-refractivity contribution < 1.29 is 8.42 Å². The lowest BCUT2D eigenvalue weighted by Crippen LogP contribution is -2.42. The molecular formula is C11H20N4O2S. The molecule has 18 heavy (non-hydrogen) atoms. The summed E-state index contributed by atoms with van der Waals surface area (Å²) in [5, 5.41) is 0.102. The highest BCUT2D eigenvalue weighted by molar-refractivity contribution is 7.89. The number of rotatable bonds is 5. The van der Waals surface area contributed by atoms with Crippen molar-refractivity contribution in [1.82, 2.24) is 14.3 Å². The standard InChI is InChI=1S/C11H20N4O2S/c1-3-15-7-11(14-8(15)2)18(16,17)13-6-9-4-10(12)5-9/h7,9-10,13H,3-6,12H2,1-2H3. The Morgan fingerprint density at radius 1 is 1.56 bits per heavy atom. The lowest BCUT2D eigenvalue weighted by molar-refractivity contribution is 0.267. The van der Waals surface area contributed by atoms with Crippen molar-refractivity contribution in [1.29, 1.82) is 0 Å². The predicted molar refractivity (Wildman–Crippen MR) is 68.5 cm³/mol. The third-order valence-electron chi connectivity index (χ3n) is 3.40. The van der Waals surface area contributed by atoms with E-state index in [1.807, 2.05) is 11.5 Å². The van der Waals surface area contributed by atoms with Crippen LogP contribution in [0.2, 0.25) is 0 Å². The van der Waals surface area contributed by atoms with Gasteiger partial charge in [-0.25, -0.2) is 18.1 Å². The fraction of sp³-hybridized carbons (Fsp3) is 0.727. The molecule has 3 N–H and O–H groups in total. The number of hydrogen-bond donors (Lipinski definition) is 2. The van der Waals surface area contributed by atoms with Crippen LogP contribution in [-0.4, -0.2) is 30.6 Å². The quantitative estimate of drug-likeness (QED) is 0.802. The average molecular weight is 272 g/mol. The first kappa shape index (κ1) is 13.5. The van der Waals surface area contributed by atoms with E-state index in [9.17, 15) is 8.42 Å². The van der Waals surface area contributed by atoms with E-state index in [2.05, 4.69) is 9.71 Å². The maximum atomic E-state index is 12.0.